The summed E-state index contributed by atoms with van der Waals surface area (Å²) in [4.78, 5) is 24.2. The molecule has 0 radical (unpaired) electrons. The third-order valence-corrected chi connectivity index (χ3v) is 8.58. The van der Waals surface area contributed by atoms with Crippen LogP contribution in [0.4, 0.5) is 0 Å². The van der Waals surface area contributed by atoms with Gasteiger partial charge in [-0.2, -0.15) is 0 Å². The van der Waals surface area contributed by atoms with E-state index in [9.17, 15) is 14.7 Å². The summed E-state index contributed by atoms with van der Waals surface area (Å²) < 4.78 is 10.6. The Hall–Kier alpha value is -1.10. The van der Waals surface area contributed by atoms with Crippen LogP contribution in [0.1, 0.15) is 207 Å². The van der Waals surface area contributed by atoms with Gasteiger partial charge in [0, 0.05) is 12.8 Å². The first kappa shape index (κ1) is 41.9. The van der Waals surface area contributed by atoms with Crippen molar-refractivity contribution in [2.45, 2.75) is 213 Å². The van der Waals surface area contributed by atoms with E-state index in [1.54, 1.807) is 0 Å². The second kappa shape index (κ2) is 33.8. The monoisotopic (exact) mass is 611 g/mol. The molecular formula is C38H74O5. The molecule has 5 nitrogen and oxygen atoms in total. The molecule has 0 amide bonds. The Kier molecular flexibility index (Phi) is 32.9. The van der Waals surface area contributed by atoms with Crippen LogP contribution in [0.3, 0.4) is 0 Å². The molecule has 0 spiro atoms. The number of carbonyl (C=O) groups is 2. The van der Waals surface area contributed by atoms with E-state index in [0.717, 1.165) is 38.0 Å². The highest BCUT2D eigenvalue weighted by atomic mass is 16.6. The van der Waals surface area contributed by atoms with Crippen molar-refractivity contribution in [3.63, 3.8) is 0 Å². The van der Waals surface area contributed by atoms with Gasteiger partial charge in [0.1, 0.15) is 6.61 Å². The Balaban J connectivity index is 3.50. The lowest BCUT2D eigenvalue weighted by Crippen LogP contribution is -2.28. The highest BCUT2D eigenvalue weighted by molar-refractivity contribution is 5.70. The predicted molar refractivity (Wildman–Crippen MR) is 182 cm³/mol. The van der Waals surface area contributed by atoms with E-state index in [2.05, 4.69) is 20.8 Å². The van der Waals surface area contributed by atoms with E-state index in [0.29, 0.717) is 12.8 Å². The van der Waals surface area contributed by atoms with Crippen molar-refractivity contribution >= 4 is 11.9 Å². The van der Waals surface area contributed by atoms with Gasteiger partial charge in [-0.15, -0.1) is 0 Å². The number of unbranched alkanes of at least 4 members (excludes halogenated alkanes) is 24. The highest BCUT2D eigenvalue weighted by Gasteiger charge is 2.16. The average molecular weight is 611 g/mol. The van der Waals surface area contributed by atoms with Crippen molar-refractivity contribution in [3.05, 3.63) is 0 Å². The van der Waals surface area contributed by atoms with Crippen LogP contribution < -0.4 is 0 Å². The summed E-state index contributed by atoms with van der Waals surface area (Å²) in [6, 6.07) is 0. The molecule has 0 rings (SSSR count). The number of aliphatic hydroxyl groups excluding tert-OH is 1. The lowest BCUT2D eigenvalue weighted by Gasteiger charge is -2.15. The molecular weight excluding hydrogens is 536 g/mol. The number of carbonyl (C=O) groups excluding carboxylic acids is 2. The maximum absolute atomic E-state index is 12.1. The molecule has 0 aliphatic carbocycles. The Bertz CT molecular complexity index is 591. The molecule has 1 atom stereocenters. The van der Waals surface area contributed by atoms with Gasteiger partial charge >= 0.3 is 11.9 Å². The van der Waals surface area contributed by atoms with Crippen LogP contribution in [0.2, 0.25) is 0 Å². The predicted octanol–water partition coefficient (Wildman–Crippen LogP) is 11.4. The molecule has 5 heteroatoms. The lowest BCUT2D eigenvalue weighted by molar-refractivity contribution is -0.161. The summed E-state index contributed by atoms with van der Waals surface area (Å²) in [5, 5.41) is 9.52. The first-order valence-electron chi connectivity index (χ1n) is 19.0. The maximum Gasteiger partial charge on any atom is 0.306 e. The zero-order valence-electron chi connectivity index (χ0n) is 29.2. The van der Waals surface area contributed by atoms with Gasteiger partial charge in [0.25, 0.3) is 0 Å². The third-order valence-electron chi connectivity index (χ3n) is 8.58. The quantitative estimate of drug-likeness (QED) is 0.0579. The van der Waals surface area contributed by atoms with E-state index >= 15 is 0 Å². The molecule has 256 valence electrons. The zero-order valence-corrected chi connectivity index (χ0v) is 29.2. The van der Waals surface area contributed by atoms with Crippen molar-refractivity contribution < 1.29 is 24.2 Å². The summed E-state index contributed by atoms with van der Waals surface area (Å²) in [6.45, 7) is 6.50. The number of aliphatic hydroxyl groups is 1. The van der Waals surface area contributed by atoms with Crippen LogP contribution >= 0.6 is 0 Å². The molecule has 0 aromatic heterocycles. The largest absolute Gasteiger partial charge is 0.462 e. The molecule has 0 aliphatic rings. The minimum absolute atomic E-state index is 0.0579. The van der Waals surface area contributed by atoms with Gasteiger partial charge in [0.15, 0.2) is 6.10 Å². The van der Waals surface area contributed by atoms with Gasteiger partial charge in [-0.05, 0) is 18.8 Å². The van der Waals surface area contributed by atoms with Gasteiger partial charge in [-0.25, -0.2) is 0 Å². The fourth-order valence-electron chi connectivity index (χ4n) is 5.68. The molecule has 0 aromatic rings. The van der Waals surface area contributed by atoms with Crippen LogP contribution in [0.15, 0.2) is 0 Å². The van der Waals surface area contributed by atoms with Crippen LogP contribution in [-0.2, 0) is 19.1 Å². The van der Waals surface area contributed by atoms with Crippen LogP contribution in [0, 0.1) is 5.92 Å². The second-order valence-electron chi connectivity index (χ2n) is 13.5. The summed E-state index contributed by atoms with van der Waals surface area (Å²) in [6.07, 6.45) is 34.4. The van der Waals surface area contributed by atoms with Gasteiger partial charge in [0.05, 0.1) is 6.61 Å². The molecule has 0 unspecified atom stereocenters. The van der Waals surface area contributed by atoms with Crippen LogP contribution in [-0.4, -0.2) is 36.4 Å². The van der Waals surface area contributed by atoms with E-state index < -0.39 is 6.10 Å². The minimum Gasteiger partial charge on any atom is -0.462 e. The van der Waals surface area contributed by atoms with Gasteiger partial charge in [-0.1, -0.05) is 181 Å². The van der Waals surface area contributed by atoms with Crippen molar-refractivity contribution in [1.29, 1.82) is 0 Å². The zero-order chi connectivity index (χ0) is 31.6. The first-order valence-corrected chi connectivity index (χ1v) is 19.0. The molecule has 0 saturated carbocycles. The summed E-state index contributed by atoms with van der Waals surface area (Å²) in [5.74, 6) is 0.273. The van der Waals surface area contributed by atoms with Gasteiger partial charge in [-0.3, -0.25) is 9.59 Å². The number of hydrogen-bond donors (Lipinski definition) is 1. The molecule has 0 heterocycles. The lowest BCUT2D eigenvalue weighted by atomic mass is 10.0. The number of ether oxygens (including phenoxy) is 2. The number of esters is 2. The SMILES string of the molecule is CCCCCCCCCCCCCCC(=O)O[C@@H](CO)COC(=O)CCCCCCCCCCCCCCCCC(C)C. The normalized spacial score (nSPS) is 12.1. The topological polar surface area (TPSA) is 72.8 Å². The second-order valence-corrected chi connectivity index (χ2v) is 13.5. The molecule has 0 bridgehead atoms. The van der Waals surface area contributed by atoms with Crippen LogP contribution in [0.25, 0.3) is 0 Å². The van der Waals surface area contributed by atoms with Crippen molar-refractivity contribution in [3.8, 4) is 0 Å². The van der Waals surface area contributed by atoms with Crippen molar-refractivity contribution in [2.24, 2.45) is 5.92 Å². The van der Waals surface area contributed by atoms with Gasteiger partial charge < -0.3 is 14.6 Å². The summed E-state index contributed by atoms with van der Waals surface area (Å²) in [7, 11) is 0. The first-order chi connectivity index (χ1) is 21.0. The fourth-order valence-corrected chi connectivity index (χ4v) is 5.68. The summed E-state index contributed by atoms with van der Waals surface area (Å²) in [5.41, 5.74) is 0. The Morgan fingerprint density at radius 1 is 0.512 bits per heavy atom. The Morgan fingerprint density at radius 3 is 1.23 bits per heavy atom. The van der Waals surface area contributed by atoms with E-state index in [1.165, 1.54) is 141 Å². The number of rotatable bonds is 34. The standard InChI is InChI=1S/C38H74O5/c1-4-5-6-7-8-9-10-16-20-23-26-29-32-38(41)43-36(33-39)34-42-37(40)31-28-25-22-19-17-14-12-11-13-15-18-21-24-27-30-35(2)3/h35-36,39H,4-34H2,1-3H3/t36-/m0/s1. The van der Waals surface area contributed by atoms with Gasteiger partial charge in [0.2, 0.25) is 0 Å². The van der Waals surface area contributed by atoms with Crippen molar-refractivity contribution in [2.75, 3.05) is 13.2 Å². The Morgan fingerprint density at radius 2 is 0.860 bits per heavy atom. The molecule has 0 aromatic carbocycles. The smallest absolute Gasteiger partial charge is 0.306 e. The molecule has 43 heavy (non-hydrogen) atoms. The summed E-state index contributed by atoms with van der Waals surface area (Å²) >= 11 is 0. The molecule has 0 fully saturated rings. The molecule has 0 aliphatic heterocycles. The van der Waals surface area contributed by atoms with Crippen LogP contribution in [0.5, 0.6) is 0 Å². The third kappa shape index (κ3) is 33.6. The molecule has 1 N–H and O–H groups in total. The average Bonchev–Trinajstić information content (AvgIpc) is 2.99. The maximum atomic E-state index is 12.1. The van der Waals surface area contributed by atoms with E-state index in [-0.39, 0.29) is 25.2 Å². The molecule has 0 saturated heterocycles. The van der Waals surface area contributed by atoms with E-state index in [4.69, 9.17) is 9.47 Å². The van der Waals surface area contributed by atoms with Crippen molar-refractivity contribution in [1.82, 2.24) is 0 Å². The fraction of sp³-hybridized carbons (Fsp3) is 0.947. The highest BCUT2D eigenvalue weighted by Crippen LogP contribution is 2.16. The number of hydrogen-bond acceptors (Lipinski definition) is 5. The Labute approximate surface area is 268 Å². The van der Waals surface area contributed by atoms with E-state index in [1.807, 2.05) is 0 Å². The minimum atomic E-state index is -0.761.